The van der Waals surface area contributed by atoms with Crippen molar-refractivity contribution in [3.8, 4) is 0 Å². The number of sulfonamides is 1. The smallest absolute Gasteiger partial charge is 0.244 e. The van der Waals surface area contributed by atoms with E-state index >= 15 is 0 Å². The van der Waals surface area contributed by atoms with E-state index in [4.69, 9.17) is 11.6 Å². The molecule has 9 heteroatoms. The summed E-state index contributed by atoms with van der Waals surface area (Å²) in [4.78, 5) is 26.7. The number of hydrogen-bond acceptors (Lipinski definition) is 4. The number of carbonyl (C=O) groups is 2. The van der Waals surface area contributed by atoms with E-state index in [9.17, 15) is 18.0 Å². The SMILES string of the molecule is CNC(=O)C(C)N(Cc1ccccc1)C(=O)CN(c1ccc(Cl)cc1)S(C)(=O)=O. The van der Waals surface area contributed by atoms with Crippen molar-refractivity contribution in [2.75, 3.05) is 24.2 Å². The van der Waals surface area contributed by atoms with Crippen molar-refractivity contribution in [2.24, 2.45) is 0 Å². The van der Waals surface area contributed by atoms with Gasteiger partial charge >= 0.3 is 0 Å². The quantitative estimate of drug-likeness (QED) is 0.686. The van der Waals surface area contributed by atoms with Crippen LogP contribution in [-0.2, 0) is 26.2 Å². The molecule has 2 aromatic rings. The molecule has 7 nitrogen and oxygen atoms in total. The maximum Gasteiger partial charge on any atom is 0.244 e. The van der Waals surface area contributed by atoms with E-state index in [-0.39, 0.29) is 12.5 Å². The first-order chi connectivity index (χ1) is 13.6. The van der Waals surface area contributed by atoms with Gasteiger partial charge in [-0.1, -0.05) is 41.9 Å². The van der Waals surface area contributed by atoms with Gasteiger partial charge < -0.3 is 10.2 Å². The number of rotatable bonds is 8. The van der Waals surface area contributed by atoms with Crippen LogP contribution < -0.4 is 9.62 Å². The van der Waals surface area contributed by atoms with Crippen LogP contribution in [0.15, 0.2) is 54.6 Å². The second kappa shape index (κ2) is 9.76. The Hall–Kier alpha value is -2.58. The first-order valence-corrected chi connectivity index (χ1v) is 11.1. The molecule has 0 aliphatic heterocycles. The first kappa shape index (κ1) is 22.7. The first-order valence-electron chi connectivity index (χ1n) is 8.91. The highest BCUT2D eigenvalue weighted by Crippen LogP contribution is 2.21. The van der Waals surface area contributed by atoms with Crippen LogP contribution in [0.1, 0.15) is 12.5 Å². The zero-order valence-electron chi connectivity index (χ0n) is 16.5. The van der Waals surface area contributed by atoms with Crippen molar-refractivity contribution in [2.45, 2.75) is 19.5 Å². The van der Waals surface area contributed by atoms with E-state index in [1.54, 1.807) is 19.1 Å². The number of anilines is 1. The predicted octanol–water partition coefficient (Wildman–Crippen LogP) is 2.27. The molecule has 0 aromatic heterocycles. The lowest BCUT2D eigenvalue weighted by Crippen LogP contribution is -2.50. The molecule has 0 aliphatic rings. The zero-order valence-corrected chi connectivity index (χ0v) is 18.1. The Labute approximate surface area is 176 Å². The fourth-order valence-corrected chi connectivity index (χ4v) is 3.77. The van der Waals surface area contributed by atoms with E-state index in [1.807, 2.05) is 30.3 Å². The average Bonchev–Trinajstić information content (AvgIpc) is 2.69. The molecule has 1 atom stereocenters. The maximum atomic E-state index is 13.1. The largest absolute Gasteiger partial charge is 0.357 e. The fourth-order valence-electron chi connectivity index (χ4n) is 2.79. The summed E-state index contributed by atoms with van der Waals surface area (Å²) in [6.45, 7) is 1.34. The van der Waals surface area contributed by atoms with Gasteiger partial charge in [-0.05, 0) is 36.8 Å². The summed E-state index contributed by atoms with van der Waals surface area (Å²) in [5, 5.41) is 2.98. The molecule has 0 radical (unpaired) electrons. The Morgan fingerprint density at radius 3 is 2.17 bits per heavy atom. The number of likely N-dealkylation sites (N-methyl/N-ethyl adjacent to an activating group) is 1. The second-order valence-electron chi connectivity index (χ2n) is 6.54. The summed E-state index contributed by atoms with van der Waals surface area (Å²) in [5.41, 5.74) is 1.14. The second-order valence-corrected chi connectivity index (χ2v) is 8.89. The number of nitrogens with zero attached hydrogens (tertiary/aromatic N) is 2. The molecule has 0 heterocycles. The van der Waals surface area contributed by atoms with Gasteiger partial charge in [0, 0.05) is 18.6 Å². The normalized spacial score (nSPS) is 12.1. The molecule has 1 unspecified atom stereocenters. The van der Waals surface area contributed by atoms with Crippen LogP contribution in [-0.4, -0.2) is 51.0 Å². The van der Waals surface area contributed by atoms with E-state index in [0.29, 0.717) is 10.7 Å². The van der Waals surface area contributed by atoms with Gasteiger partial charge in [-0.2, -0.15) is 0 Å². The topological polar surface area (TPSA) is 86.8 Å². The summed E-state index contributed by atoms with van der Waals surface area (Å²) in [7, 11) is -2.25. The van der Waals surface area contributed by atoms with E-state index in [2.05, 4.69) is 5.32 Å². The van der Waals surface area contributed by atoms with E-state index < -0.39 is 28.5 Å². The molecule has 2 amide bonds. The van der Waals surface area contributed by atoms with Crippen molar-refractivity contribution in [1.29, 1.82) is 0 Å². The molecular formula is C20H24ClN3O4S. The monoisotopic (exact) mass is 437 g/mol. The van der Waals surface area contributed by atoms with Crippen molar-refractivity contribution in [3.05, 3.63) is 65.2 Å². The Balaban J connectivity index is 2.34. The number of halogens is 1. The third-order valence-corrected chi connectivity index (χ3v) is 5.80. The third kappa shape index (κ3) is 6.20. The van der Waals surface area contributed by atoms with Gasteiger partial charge in [0.05, 0.1) is 11.9 Å². The number of amides is 2. The van der Waals surface area contributed by atoms with Crippen LogP contribution in [0.25, 0.3) is 0 Å². The summed E-state index contributed by atoms with van der Waals surface area (Å²) in [6, 6.07) is 14.6. The number of carbonyl (C=O) groups excluding carboxylic acids is 2. The molecule has 0 fully saturated rings. The molecule has 156 valence electrons. The minimum atomic E-state index is -3.74. The van der Waals surface area contributed by atoms with Crippen LogP contribution in [0, 0.1) is 0 Å². The highest BCUT2D eigenvalue weighted by molar-refractivity contribution is 7.92. The van der Waals surface area contributed by atoms with Gasteiger partial charge in [0.2, 0.25) is 21.8 Å². The lowest BCUT2D eigenvalue weighted by molar-refractivity contribution is -0.139. The number of hydrogen-bond donors (Lipinski definition) is 1. The lowest BCUT2D eigenvalue weighted by atomic mass is 10.1. The number of benzene rings is 2. The van der Waals surface area contributed by atoms with Crippen LogP contribution >= 0.6 is 11.6 Å². The van der Waals surface area contributed by atoms with Gasteiger partial charge in [-0.25, -0.2) is 8.42 Å². The van der Waals surface area contributed by atoms with E-state index in [1.165, 1.54) is 24.1 Å². The van der Waals surface area contributed by atoms with Crippen molar-refractivity contribution < 1.29 is 18.0 Å². The Morgan fingerprint density at radius 1 is 1.07 bits per heavy atom. The molecule has 1 N–H and O–H groups in total. The molecular weight excluding hydrogens is 414 g/mol. The Morgan fingerprint density at radius 2 is 1.66 bits per heavy atom. The maximum absolute atomic E-state index is 13.1. The van der Waals surface area contributed by atoms with Gasteiger partial charge in [0.1, 0.15) is 12.6 Å². The fraction of sp³-hybridized carbons (Fsp3) is 0.300. The van der Waals surface area contributed by atoms with Crippen LogP contribution in [0.4, 0.5) is 5.69 Å². The van der Waals surface area contributed by atoms with Gasteiger partial charge in [0.15, 0.2) is 0 Å². The molecule has 2 aromatic carbocycles. The molecule has 0 saturated carbocycles. The van der Waals surface area contributed by atoms with Crippen molar-refractivity contribution >= 4 is 39.1 Å². The van der Waals surface area contributed by atoms with Gasteiger partial charge in [-0.3, -0.25) is 13.9 Å². The summed E-state index contributed by atoms with van der Waals surface area (Å²) in [6.07, 6.45) is 1.03. The van der Waals surface area contributed by atoms with Crippen LogP contribution in [0.3, 0.4) is 0 Å². The number of nitrogens with one attached hydrogen (secondary N) is 1. The van der Waals surface area contributed by atoms with Crippen molar-refractivity contribution in [3.63, 3.8) is 0 Å². The highest BCUT2D eigenvalue weighted by atomic mass is 35.5. The van der Waals surface area contributed by atoms with Gasteiger partial charge in [0.25, 0.3) is 0 Å². The van der Waals surface area contributed by atoms with Crippen molar-refractivity contribution in [1.82, 2.24) is 10.2 Å². The molecule has 0 spiro atoms. The summed E-state index contributed by atoms with van der Waals surface area (Å²) >= 11 is 5.88. The molecule has 29 heavy (non-hydrogen) atoms. The lowest BCUT2D eigenvalue weighted by Gasteiger charge is -2.31. The minimum Gasteiger partial charge on any atom is -0.357 e. The van der Waals surface area contributed by atoms with Gasteiger partial charge in [-0.15, -0.1) is 0 Å². The van der Waals surface area contributed by atoms with E-state index in [0.717, 1.165) is 16.1 Å². The van der Waals surface area contributed by atoms with Crippen LogP contribution in [0.2, 0.25) is 5.02 Å². The highest BCUT2D eigenvalue weighted by Gasteiger charge is 2.29. The predicted molar refractivity (Wildman–Crippen MR) is 114 cm³/mol. The summed E-state index contributed by atoms with van der Waals surface area (Å²) in [5.74, 6) is -0.836. The average molecular weight is 438 g/mol. The molecule has 2 rings (SSSR count). The Kier molecular flexibility index (Phi) is 7.64. The molecule has 0 bridgehead atoms. The Bertz CT molecular complexity index is 949. The minimum absolute atomic E-state index is 0.173. The molecule has 0 saturated heterocycles. The third-order valence-electron chi connectivity index (χ3n) is 4.40. The van der Waals surface area contributed by atoms with Crippen LogP contribution in [0.5, 0.6) is 0 Å². The standard InChI is InChI=1S/C20H24ClN3O4S/c1-15(20(26)22-2)23(13-16-7-5-4-6-8-16)19(25)14-24(29(3,27)28)18-11-9-17(21)10-12-18/h4-12,15H,13-14H2,1-3H3,(H,22,26). The molecule has 0 aliphatic carbocycles. The zero-order chi connectivity index (χ0) is 21.6. The summed E-state index contributed by atoms with van der Waals surface area (Å²) < 4.78 is 25.7.